The van der Waals surface area contributed by atoms with Crippen LogP contribution in [0.1, 0.15) is 41.5 Å². The fraction of sp³-hybridized carbons (Fsp3) is 0.600. The lowest BCUT2D eigenvalue weighted by atomic mass is 9.86. The molecule has 7 heteroatoms. The molecule has 0 saturated carbocycles. The Morgan fingerprint density at radius 1 is 0.778 bits per heavy atom. The smallest absolute Gasteiger partial charge is 0.338 e. The lowest BCUT2D eigenvalue weighted by Gasteiger charge is -2.16. The third kappa shape index (κ3) is 9.63. The van der Waals surface area contributed by atoms with E-state index in [0.717, 1.165) is 0 Å². The normalized spacial score (nSPS) is 11.4. The van der Waals surface area contributed by atoms with Crippen molar-refractivity contribution in [2.75, 3.05) is 52.9 Å². The summed E-state index contributed by atoms with van der Waals surface area (Å²) in [6.45, 7) is 7.96. The number of Topliss-reactive ketones (excluding diaryl/α,β-unsaturated/α-hetero) is 1. The van der Waals surface area contributed by atoms with Gasteiger partial charge in [-0.2, -0.15) is 0 Å². The molecule has 0 aromatic heterocycles. The van der Waals surface area contributed by atoms with Crippen molar-refractivity contribution in [3.05, 3.63) is 35.4 Å². The zero-order valence-corrected chi connectivity index (χ0v) is 16.4. The predicted molar refractivity (Wildman–Crippen MR) is 100 cm³/mol. The Bertz CT molecular complexity index is 561. The summed E-state index contributed by atoms with van der Waals surface area (Å²) < 4.78 is 20.7. The maximum atomic E-state index is 12.2. The molecule has 0 saturated heterocycles. The molecule has 0 unspecified atom stereocenters. The van der Waals surface area contributed by atoms with Gasteiger partial charge in [-0.3, -0.25) is 4.79 Å². The molecule has 7 nitrogen and oxygen atoms in total. The number of ether oxygens (including phenoxy) is 4. The topological polar surface area (TPSA) is 91.3 Å². The Kier molecular flexibility index (Phi) is 10.8. The molecule has 0 amide bonds. The van der Waals surface area contributed by atoms with E-state index in [0.29, 0.717) is 44.2 Å². The van der Waals surface area contributed by atoms with Crippen LogP contribution in [0, 0.1) is 5.41 Å². The second-order valence-corrected chi connectivity index (χ2v) is 6.85. The van der Waals surface area contributed by atoms with E-state index in [4.69, 9.17) is 24.1 Å². The SMILES string of the molecule is CC(C)(C)C(=O)c1ccc(C(=O)OCCOCCOCCOCCO)cc1. The number of aliphatic hydroxyl groups is 1. The third-order valence-corrected chi connectivity index (χ3v) is 3.50. The van der Waals surface area contributed by atoms with Crippen LogP contribution < -0.4 is 0 Å². The number of benzene rings is 1. The standard InChI is InChI=1S/C20H30O7/c1-20(2,3)18(22)16-4-6-17(7-5-16)19(23)27-15-14-26-13-12-25-11-10-24-9-8-21/h4-7,21H,8-15H2,1-3H3. The van der Waals surface area contributed by atoms with Crippen LogP contribution in [0.5, 0.6) is 0 Å². The molecule has 0 aliphatic heterocycles. The summed E-state index contributed by atoms with van der Waals surface area (Å²) >= 11 is 0. The first-order valence-electron chi connectivity index (χ1n) is 9.02. The summed E-state index contributed by atoms with van der Waals surface area (Å²) in [6.07, 6.45) is 0. The largest absolute Gasteiger partial charge is 0.460 e. The Morgan fingerprint density at radius 2 is 1.22 bits per heavy atom. The third-order valence-electron chi connectivity index (χ3n) is 3.50. The van der Waals surface area contributed by atoms with Gasteiger partial charge in [0.05, 0.1) is 51.8 Å². The summed E-state index contributed by atoms with van der Waals surface area (Å²) in [6, 6.07) is 6.47. The monoisotopic (exact) mass is 382 g/mol. The molecule has 1 aromatic carbocycles. The number of aliphatic hydroxyl groups excluding tert-OH is 1. The van der Waals surface area contributed by atoms with Crippen LogP contribution in [0.15, 0.2) is 24.3 Å². The fourth-order valence-electron chi connectivity index (χ4n) is 2.07. The van der Waals surface area contributed by atoms with E-state index >= 15 is 0 Å². The second-order valence-electron chi connectivity index (χ2n) is 6.85. The molecule has 27 heavy (non-hydrogen) atoms. The first kappa shape index (κ1) is 23.2. The molecule has 0 bridgehead atoms. The van der Waals surface area contributed by atoms with Gasteiger partial charge in [0.1, 0.15) is 6.61 Å². The van der Waals surface area contributed by atoms with Gasteiger partial charge >= 0.3 is 5.97 Å². The van der Waals surface area contributed by atoms with Gasteiger partial charge < -0.3 is 24.1 Å². The number of carbonyl (C=O) groups is 2. The van der Waals surface area contributed by atoms with Gasteiger partial charge in [0.15, 0.2) is 5.78 Å². The highest BCUT2D eigenvalue weighted by Crippen LogP contribution is 2.21. The van der Waals surface area contributed by atoms with Crippen LogP contribution in [0.3, 0.4) is 0 Å². The second kappa shape index (κ2) is 12.6. The zero-order chi connectivity index (χ0) is 20.1. The van der Waals surface area contributed by atoms with Crippen molar-refractivity contribution < 1.29 is 33.6 Å². The van der Waals surface area contributed by atoms with Gasteiger partial charge in [-0.15, -0.1) is 0 Å². The summed E-state index contributed by atoms with van der Waals surface area (Å²) in [5.74, 6) is -0.427. The maximum Gasteiger partial charge on any atom is 0.338 e. The van der Waals surface area contributed by atoms with Gasteiger partial charge in [-0.05, 0) is 12.1 Å². The molecule has 0 spiro atoms. The summed E-state index contributed by atoms with van der Waals surface area (Å²) in [7, 11) is 0. The van der Waals surface area contributed by atoms with Gasteiger partial charge in [0.2, 0.25) is 0 Å². The molecule has 1 aromatic rings. The molecule has 0 aliphatic carbocycles. The van der Waals surface area contributed by atoms with E-state index in [1.165, 1.54) is 0 Å². The molecule has 1 N–H and O–H groups in total. The number of ketones is 1. The van der Waals surface area contributed by atoms with Crippen LogP contribution in [0.25, 0.3) is 0 Å². The van der Waals surface area contributed by atoms with E-state index in [1.54, 1.807) is 24.3 Å². The first-order chi connectivity index (χ1) is 12.9. The molecule has 0 radical (unpaired) electrons. The quantitative estimate of drug-likeness (QED) is 0.317. The van der Waals surface area contributed by atoms with Crippen LogP contribution in [0.4, 0.5) is 0 Å². The highest BCUT2D eigenvalue weighted by atomic mass is 16.6. The zero-order valence-electron chi connectivity index (χ0n) is 16.4. The number of rotatable bonds is 13. The van der Waals surface area contributed by atoms with Crippen molar-refractivity contribution in [3.63, 3.8) is 0 Å². The van der Waals surface area contributed by atoms with E-state index in [2.05, 4.69) is 0 Å². The highest BCUT2D eigenvalue weighted by molar-refractivity contribution is 6.00. The average molecular weight is 382 g/mol. The van der Waals surface area contributed by atoms with Crippen LogP contribution in [-0.2, 0) is 18.9 Å². The number of hydrogen-bond donors (Lipinski definition) is 1. The predicted octanol–water partition coefficient (Wildman–Crippen LogP) is 2.11. The highest BCUT2D eigenvalue weighted by Gasteiger charge is 2.22. The van der Waals surface area contributed by atoms with Gasteiger partial charge in [-0.25, -0.2) is 4.79 Å². The van der Waals surface area contributed by atoms with Crippen LogP contribution in [0.2, 0.25) is 0 Å². The van der Waals surface area contributed by atoms with Crippen molar-refractivity contribution in [1.82, 2.24) is 0 Å². The molecular formula is C20H30O7. The lowest BCUT2D eigenvalue weighted by molar-refractivity contribution is -0.00314. The van der Waals surface area contributed by atoms with Gasteiger partial charge in [-0.1, -0.05) is 32.9 Å². The molecule has 1 rings (SSSR count). The molecule has 0 heterocycles. The van der Waals surface area contributed by atoms with E-state index in [-0.39, 0.29) is 25.6 Å². The summed E-state index contributed by atoms with van der Waals surface area (Å²) in [5.41, 5.74) is 0.506. The van der Waals surface area contributed by atoms with Crippen LogP contribution in [-0.4, -0.2) is 69.7 Å². The molecular weight excluding hydrogens is 352 g/mol. The average Bonchev–Trinajstić information content (AvgIpc) is 2.64. The Morgan fingerprint density at radius 3 is 1.70 bits per heavy atom. The number of carbonyl (C=O) groups excluding carboxylic acids is 2. The summed E-state index contributed by atoms with van der Waals surface area (Å²) in [4.78, 5) is 24.1. The molecule has 0 fully saturated rings. The Labute approximate surface area is 160 Å². The minimum atomic E-state index is -0.463. The fourth-order valence-corrected chi connectivity index (χ4v) is 2.07. The van der Waals surface area contributed by atoms with E-state index in [9.17, 15) is 9.59 Å². The molecule has 152 valence electrons. The molecule has 0 atom stereocenters. The number of esters is 1. The van der Waals surface area contributed by atoms with Crippen molar-refractivity contribution in [2.45, 2.75) is 20.8 Å². The van der Waals surface area contributed by atoms with Crippen molar-refractivity contribution in [1.29, 1.82) is 0 Å². The Hall–Kier alpha value is -1.80. The van der Waals surface area contributed by atoms with Crippen molar-refractivity contribution in [3.8, 4) is 0 Å². The summed E-state index contributed by atoms with van der Waals surface area (Å²) in [5, 5.41) is 8.53. The van der Waals surface area contributed by atoms with Crippen molar-refractivity contribution in [2.24, 2.45) is 5.41 Å². The van der Waals surface area contributed by atoms with Crippen LogP contribution >= 0.6 is 0 Å². The van der Waals surface area contributed by atoms with Gasteiger partial charge in [0, 0.05) is 11.0 Å². The maximum absolute atomic E-state index is 12.2. The van der Waals surface area contributed by atoms with E-state index < -0.39 is 11.4 Å². The molecule has 0 aliphatic rings. The Balaban J connectivity index is 2.16. The van der Waals surface area contributed by atoms with Crippen molar-refractivity contribution >= 4 is 11.8 Å². The minimum Gasteiger partial charge on any atom is -0.460 e. The van der Waals surface area contributed by atoms with Gasteiger partial charge in [0.25, 0.3) is 0 Å². The lowest BCUT2D eigenvalue weighted by Crippen LogP contribution is -2.20. The minimum absolute atomic E-state index is 0.00101. The van der Waals surface area contributed by atoms with E-state index in [1.807, 2.05) is 20.8 Å². The number of hydrogen-bond acceptors (Lipinski definition) is 7. The first-order valence-corrected chi connectivity index (χ1v) is 9.02.